The second-order valence-corrected chi connectivity index (χ2v) is 13.7. The molecule has 0 radical (unpaired) electrons. The van der Waals surface area contributed by atoms with Crippen molar-refractivity contribution in [2.24, 2.45) is 29.6 Å². The van der Waals surface area contributed by atoms with Gasteiger partial charge in [-0.15, -0.1) is 11.8 Å². The predicted molar refractivity (Wildman–Crippen MR) is 160 cm³/mol. The van der Waals surface area contributed by atoms with E-state index in [9.17, 15) is 24.3 Å². The van der Waals surface area contributed by atoms with Crippen LogP contribution in [0.2, 0.25) is 0 Å². The van der Waals surface area contributed by atoms with Crippen molar-refractivity contribution in [3.63, 3.8) is 0 Å². The largest absolute Gasteiger partial charge is 0.458 e. The van der Waals surface area contributed by atoms with Crippen molar-refractivity contribution in [3.05, 3.63) is 22.7 Å². The number of cyclic esters (lactones) is 1. The molecular formula is C30H47N3O8S. The number of fused-ring (bicyclic) bond motifs is 1. The SMILES string of the molecule is CCC1OC(=O)C(C)C(O)C(C)CC(C)(OC)CC(C)C(=O)C(C)C2C(SCCn3ccc(N)nc3=O)C(=O)OC12C. The van der Waals surface area contributed by atoms with Crippen LogP contribution in [0.3, 0.4) is 0 Å². The molecule has 0 bridgehead atoms. The predicted octanol–water partition coefficient (Wildman–Crippen LogP) is 2.85. The number of nitrogens with zero attached hydrogens (tertiary/aromatic N) is 2. The number of aromatic nitrogens is 2. The molecule has 0 saturated carbocycles. The zero-order valence-corrected chi connectivity index (χ0v) is 26.8. The average Bonchev–Trinajstić information content (AvgIpc) is 3.19. The second-order valence-electron chi connectivity index (χ2n) is 12.5. The van der Waals surface area contributed by atoms with Gasteiger partial charge in [0.25, 0.3) is 0 Å². The van der Waals surface area contributed by atoms with Gasteiger partial charge < -0.3 is 25.1 Å². The van der Waals surface area contributed by atoms with Gasteiger partial charge in [0.15, 0.2) is 5.60 Å². The molecule has 3 heterocycles. The average molecular weight is 610 g/mol. The van der Waals surface area contributed by atoms with E-state index in [0.29, 0.717) is 25.0 Å². The lowest BCUT2D eigenvalue weighted by Gasteiger charge is -2.42. The Morgan fingerprint density at radius 3 is 2.38 bits per heavy atom. The van der Waals surface area contributed by atoms with Gasteiger partial charge >= 0.3 is 17.6 Å². The lowest BCUT2D eigenvalue weighted by molar-refractivity contribution is -0.186. The van der Waals surface area contributed by atoms with Crippen molar-refractivity contribution in [3.8, 4) is 0 Å². The minimum atomic E-state index is -1.29. The number of ether oxygens (including phenoxy) is 3. The molecule has 12 heteroatoms. The number of rotatable bonds is 6. The van der Waals surface area contributed by atoms with E-state index in [1.165, 1.54) is 22.4 Å². The Hall–Kier alpha value is -2.44. The molecule has 2 aliphatic heterocycles. The molecule has 0 spiro atoms. The van der Waals surface area contributed by atoms with Gasteiger partial charge in [-0.25, -0.2) is 4.79 Å². The molecule has 0 aromatic carbocycles. The van der Waals surface area contributed by atoms with E-state index in [2.05, 4.69) is 4.98 Å². The maximum absolute atomic E-state index is 14.0. The summed E-state index contributed by atoms with van der Waals surface area (Å²) in [6.45, 7) is 12.9. The fraction of sp³-hybridized carbons (Fsp3) is 0.767. The summed E-state index contributed by atoms with van der Waals surface area (Å²) < 4.78 is 19.3. The minimum Gasteiger partial charge on any atom is -0.458 e. The number of aliphatic hydroxyl groups is 1. The summed E-state index contributed by atoms with van der Waals surface area (Å²) in [4.78, 5) is 56.8. The summed E-state index contributed by atoms with van der Waals surface area (Å²) in [5.74, 6) is -3.43. The van der Waals surface area contributed by atoms with E-state index >= 15 is 0 Å². The van der Waals surface area contributed by atoms with E-state index < -0.39 is 70.0 Å². The smallest absolute Gasteiger partial charge is 0.349 e. The van der Waals surface area contributed by atoms with Crippen LogP contribution in [0, 0.1) is 29.6 Å². The molecule has 2 fully saturated rings. The summed E-state index contributed by atoms with van der Waals surface area (Å²) in [6, 6.07) is 1.53. The number of Topliss-reactive ketones (excluding diaryl/α,β-unsaturated/α-hetero) is 1. The van der Waals surface area contributed by atoms with Crippen LogP contribution in [0.25, 0.3) is 0 Å². The molecular weight excluding hydrogens is 562 g/mol. The number of aliphatic hydroxyl groups excluding tert-OH is 1. The second kappa shape index (κ2) is 13.5. The first-order valence-corrected chi connectivity index (χ1v) is 15.8. The Balaban J connectivity index is 2.01. The van der Waals surface area contributed by atoms with Crippen LogP contribution < -0.4 is 11.4 Å². The van der Waals surface area contributed by atoms with E-state index in [4.69, 9.17) is 19.9 Å². The monoisotopic (exact) mass is 609 g/mol. The number of thioether (sulfide) groups is 1. The van der Waals surface area contributed by atoms with Crippen LogP contribution in [-0.4, -0.2) is 73.9 Å². The summed E-state index contributed by atoms with van der Waals surface area (Å²) in [6.07, 6.45) is 0.896. The van der Waals surface area contributed by atoms with Crippen LogP contribution in [0.5, 0.6) is 0 Å². The molecule has 10 unspecified atom stereocenters. The van der Waals surface area contributed by atoms with Gasteiger partial charge in [-0.05, 0) is 52.0 Å². The van der Waals surface area contributed by atoms with Crippen molar-refractivity contribution in [1.29, 1.82) is 0 Å². The lowest BCUT2D eigenvalue weighted by Crippen LogP contribution is -2.53. The fourth-order valence-corrected chi connectivity index (χ4v) is 8.26. The van der Waals surface area contributed by atoms with Gasteiger partial charge in [0.05, 0.1) is 17.6 Å². The van der Waals surface area contributed by atoms with E-state index in [1.807, 2.05) is 34.6 Å². The summed E-state index contributed by atoms with van der Waals surface area (Å²) in [7, 11) is 1.58. The van der Waals surface area contributed by atoms with Crippen LogP contribution in [0.1, 0.15) is 67.7 Å². The summed E-state index contributed by atoms with van der Waals surface area (Å²) in [5, 5.41) is 10.3. The molecule has 1 aromatic rings. The summed E-state index contributed by atoms with van der Waals surface area (Å²) >= 11 is 1.30. The zero-order chi connectivity index (χ0) is 31.6. The first-order chi connectivity index (χ1) is 19.6. The van der Waals surface area contributed by atoms with Crippen molar-refractivity contribution < 1.29 is 33.7 Å². The van der Waals surface area contributed by atoms with Gasteiger partial charge in [0.2, 0.25) is 0 Å². The molecule has 11 nitrogen and oxygen atoms in total. The van der Waals surface area contributed by atoms with Crippen molar-refractivity contribution in [1.82, 2.24) is 9.55 Å². The minimum absolute atomic E-state index is 0.0443. The van der Waals surface area contributed by atoms with Crippen LogP contribution in [-0.2, 0) is 35.1 Å². The highest BCUT2D eigenvalue weighted by atomic mass is 32.2. The van der Waals surface area contributed by atoms with Crippen LogP contribution in [0.4, 0.5) is 5.82 Å². The molecule has 3 N–H and O–H groups in total. The Kier molecular flexibility index (Phi) is 10.9. The Morgan fingerprint density at radius 2 is 1.79 bits per heavy atom. The van der Waals surface area contributed by atoms with Gasteiger partial charge in [0.1, 0.15) is 23.0 Å². The molecule has 3 rings (SSSR count). The highest BCUT2D eigenvalue weighted by Crippen LogP contribution is 2.48. The number of hydrogen-bond acceptors (Lipinski definition) is 11. The third kappa shape index (κ3) is 7.02. The van der Waals surface area contributed by atoms with Gasteiger partial charge in [0, 0.05) is 43.4 Å². The van der Waals surface area contributed by atoms with Gasteiger partial charge in [-0.2, -0.15) is 4.98 Å². The number of esters is 2. The van der Waals surface area contributed by atoms with E-state index in [0.717, 1.165) is 0 Å². The van der Waals surface area contributed by atoms with E-state index in [-0.39, 0.29) is 24.1 Å². The van der Waals surface area contributed by atoms with Crippen LogP contribution in [0.15, 0.2) is 17.1 Å². The number of hydrogen-bond donors (Lipinski definition) is 2. The number of nitrogens with two attached hydrogens (primary N) is 1. The van der Waals surface area contributed by atoms with E-state index in [1.54, 1.807) is 27.2 Å². The standard InChI is InChI=1S/C30H47N3O8S/c1-9-20-30(7)22(25(27(37)41-30)42-13-12-33-11-10-21(31)32-28(33)38)18(4)23(34)16(2)14-29(6,39-8)15-17(3)24(35)19(5)26(36)40-20/h10-11,16-20,22,24-25,35H,9,12-15H2,1-8H3,(H2,31,32,38). The number of carbonyl (C=O) groups excluding carboxylic acids is 3. The molecule has 2 aliphatic rings. The number of nitrogen functional groups attached to an aromatic ring is 1. The van der Waals surface area contributed by atoms with Crippen LogP contribution >= 0.6 is 11.8 Å². The quantitative estimate of drug-likeness (QED) is 0.457. The highest BCUT2D eigenvalue weighted by molar-refractivity contribution is 8.00. The molecule has 2 saturated heterocycles. The maximum Gasteiger partial charge on any atom is 0.349 e. The molecule has 10 atom stereocenters. The Labute approximate surface area is 252 Å². The molecule has 0 aliphatic carbocycles. The summed E-state index contributed by atoms with van der Waals surface area (Å²) in [5.41, 5.74) is 3.08. The number of ketones is 1. The first kappa shape index (κ1) is 34.1. The normalized spacial score (nSPS) is 38.4. The van der Waals surface area contributed by atoms with Crippen molar-refractivity contribution in [2.45, 2.75) is 103 Å². The van der Waals surface area contributed by atoms with Crippen molar-refractivity contribution >= 4 is 35.3 Å². The Bertz CT molecular complexity index is 1210. The molecule has 0 amide bonds. The topological polar surface area (TPSA) is 160 Å². The first-order valence-electron chi connectivity index (χ1n) is 14.7. The number of aryl methyl sites for hydroxylation is 1. The van der Waals surface area contributed by atoms with Crippen molar-refractivity contribution in [2.75, 3.05) is 18.6 Å². The number of carbonyl (C=O) groups is 3. The van der Waals surface area contributed by atoms with Gasteiger partial charge in [-0.3, -0.25) is 19.0 Å². The Morgan fingerprint density at radius 1 is 1.12 bits per heavy atom. The highest BCUT2D eigenvalue weighted by Gasteiger charge is 2.61. The number of anilines is 1. The maximum atomic E-state index is 14.0. The third-order valence-corrected chi connectivity index (χ3v) is 10.5. The molecule has 236 valence electrons. The third-order valence-electron chi connectivity index (χ3n) is 9.26. The molecule has 42 heavy (non-hydrogen) atoms. The van der Waals surface area contributed by atoms with Gasteiger partial charge in [-0.1, -0.05) is 27.7 Å². The number of methoxy groups -OCH3 is 1. The molecule has 1 aromatic heterocycles. The zero-order valence-electron chi connectivity index (χ0n) is 26.0. The fourth-order valence-electron chi connectivity index (χ4n) is 6.80. The lowest BCUT2D eigenvalue weighted by atomic mass is 9.70.